The second-order valence-electron chi connectivity index (χ2n) is 5.01. The van der Waals surface area contributed by atoms with Crippen LogP contribution < -0.4 is 11.0 Å². The number of hydrogen-bond donors (Lipinski definition) is 2. The van der Waals surface area contributed by atoms with Crippen molar-refractivity contribution in [2.24, 2.45) is 0 Å². The van der Waals surface area contributed by atoms with Gasteiger partial charge in [-0.25, -0.2) is 9.18 Å². The van der Waals surface area contributed by atoms with E-state index in [0.29, 0.717) is 23.1 Å². The number of imidazole rings is 1. The van der Waals surface area contributed by atoms with E-state index in [1.54, 1.807) is 24.3 Å². The molecule has 1 amide bonds. The average molecular weight is 378 g/mol. The molecule has 0 aliphatic carbocycles. The third-order valence-corrected chi connectivity index (χ3v) is 3.94. The highest BCUT2D eigenvalue weighted by molar-refractivity contribution is 9.10. The van der Waals surface area contributed by atoms with Crippen LogP contribution in [0.3, 0.4) is 0 Å². The van der Waals surface area contributed by atoms with Gasteiger partial charge in [-0.1, -0.05) is 22.0 Å². The van der Waals surface area contributed by atoms with Crippen molar-refractivity contribution < 1.29 is 9.18 Å². The number of benzene rings is 2. The molecule has 0 aliphatic rings. The lowest BCUT2D eigenvalue weighted by atomic mass is 10.2. The van der Waals surface area contributed by atoms with E-state index in [1.165, 1.54) is 16.7 Å². The number of halogens is 2. The molecule has 23 heavy (non-hydrogen) atoms. The van der Waals surface area contributed by atoms with Gasteiger partial charge in [-0.15, -0.1) is 0 Å². The zero-order valence-corrected chi connectivity index (χ0v) is 13.6. The van der Waals surface area contributed by atoms with Crippen LogP contribution in [0.1, 0.15) is 10.4 Å². The smallest absolute Gasteiger partial charge is 0.326 e. The van der Waals surface area contributed by atoms with Gasteiger partial charge in [-0.3, -0.25) is 9.36 Å². The number of nitrogens with one attached hydrogen (secondary N) is 2. The Bertz CT molecular complexity index is 932. The molecule has 0 spiro atoms. The summed E-state index contributed by atoms with van der Waals surface area (Å²) in [5, 5.41) is 2.76. The van der Waals surface area contributed by atoms with Gasteiger partial charge >= 0.3 is 5.69 Å². The number of rotatable bonds is 4. The number of aromatic amines is 1. The maximum absolute atomic E-state index is 13.2. The third kappa shape index (κ3) is 3.34. The van der Waals surface area contributed by atoms with Crippen LogP contribution in [-0.2, 0) is 6.54 Å². The molecule has 118 valence electrons. The topological polar surface area (TPSA) is 66.9 Å². The second kappa shape index (κ2) is 6.37. The van der Waals surface area contributed by atoms with Crippen molar-refractivity contribution in [3.8, 4) is 0 Å². The Balaban J connectivity index is 1.71. The van der Waals surface area contributed by atoms with Gasteiger partial charge in [0.1, 0.15) is 5.82 Å². The van der Waals surface area contributed by atoms with Gasteiger partial charge in [0.2, 0.25) is 0 Å². The van der Waals surface area contributed by atoms with Crippen molar-refractivity contribution in [3.05, 3.63) is 68.8 Å². The lowest BCUT2D eigenvalue weighted by Gasteiger charge is -2.07. The van der Waals surface area contributed by atoms with E-state index in [1.807, 2.05) is 6.07 Å². The molecule has 0 radical (unpaired) electrons. The minimum absolute atomic E-state index is 0.217. The van der Waals surface area contributed by atoms with Crippen molar-refractivity contribution in [1.29, 1.82) is 0 Å². The van der Waals surface area contributed by atoms with Crippen LogP contribution in [-0.4, -0.2) is 22.0 Å². The number of H-pyrrole nitrogens is 1. The van der Waals surface area contributed by atoms with Crippen LogP contribution in [0.2, 0.25) is 0 Å². The number of aromatic nitrogens is 2. The highest BCUT2D eigenvalue weighted by atomic mass is 79.9. The summed E-state index contributed by atoms with van der Waals surface area (Å²) in [5.41, 5.74) is 1.25. The van der Waals surface area contributed by atoms with Crippen LogP contribution in [0.5, 0.6) is 0 Å². The Hall–Kier alpha value is -2.41. The van der Waals surface area contributed by atoms with E-state index in [9.17, 15) is 14.0 Å². The normalized spacial score (nSPS) is 10.9. The Labute approximate surface area is 139 Å². The van der Waals surface area contributed by atoms with Gasteiger partial charge in [-0.2, -0.15) is 0 Å². The zero-order valence-electron chi connectivity index (χ0n) is 12.0. The van der Waals surface area contributed by atoms with Crippen LogP contribution in [0.15, 0.2) is 51.7 Å². The SMILES string of the molecule is O=C(NCCn1c(=O)[nH]c2cc(F)ccc21)c1cccc(Br)c1. The molecule has 0 saturated heterocycles. The first-order valence-corrected chi connectivity index (χ1v) is 7.76. The third-order valence-electron chi connectivity index (χ3n) is 3.44. The maximum atomic E-state index is 13.2. The predicted molar refractivity (Wildman–Crippen MR) is 89.0 cm³/mol. The monoisotopic (exact) mass is 377 g/mol. The van der Waals surface area contributed by atoms with E-state index >= 15 is 0 Å². The Kier molecular flexibility index (Phi) is 4.29. The first-order chi connectivity index (χ1) is 11.0. The van der Waals surface area contributed by atoms with E-state index in [-0.39, 0.29) is 18.1 Å². The van der Waals surface area contributed by atoms with Gasteiger partial charge in [0.25, 0.3) is 5.91 Å². The first-order valence-electron chi connectivity index (χ1n) is 6.96. The summed E-state index contributed by atoms with van der Waals surface area (Å²) in [6.45, 7) is 0.583. The van der Waals surface area contributed by atoms with E-state index < -0.39 is 5.82 Å². The van der Waals surface area contributed by atoms with Gasteiger partial charge in [-0.05, 0) is 36.4 Å². The molecule has 2 aromatic carbocycles. The van der Waals surface area contributed by atoms with Gasteiger partial charge in [0.05, 0.1) is 11.0 Å². The standard InChI is InChI=1S/C16H13BrFN3O2/c17-11-3-1-2-10(8-11)15(22)19-6-7-21-14-5-4-12(18)9-13(14)20-16(21)23/h1-5,8-9H,6-7H2,(H,19,22)(H,20,23). The van der Waals surface area contributed by atoms with Crippen molar-refractivity contribution in [2.45, 2.75) is 6.54 Å². The largest absolute Gasteiger partial charge is 0.350 e. The number of amides is 1. The van der Waals surface area contributed by atoms with Crippen LogP contribution in [0.4, 0.5) is 4.39 Å². The fourth-order valence-electron chi connectivity index (χ4n) is 2.37. The summed E-state index contributed by atoms with van der Waals surface area (Å²) in [6, 6.07) is 11.1. The summed E-state index contributed by atoms with van der Waals surface area (Å²) in [5.74, 6) is -0.626. The second-order valence-corrected chi connectivity index (χ2v) is 5.93. The molecule has 0 aliphatic heterocycles. The molecular formula is C16H13BrFN3O2. The molecule has 0 saturated carbocycles. The van der Waals surface area contributed by atoms with Gasteiger partial charge in [0, 0.05) is 23.1 Å². The summed E-state index contributed by atoms with van der Waals surface area (Å²) in [7, 11) is 0. The lowest BCUT2D eigenvalue weighted by molar-refractivity contribution is 0.0952. The average Bonchev–Trinajstić information content (AvgIpc) is 2.82. The first kappa shape index (κ1) is 15.5. The fraction of sp³-hybridized carbons (Fsp3) is 0.125. The van der Waals surface area contributed by atoms with E-state index in [0.717, 1.165) is 4.47 Å². The summed E-state index contributed by atoms with van der Waals surface area (Å²) >= 11 is 3.31. The highest BCUT2D eigenvalue weighted by Gasteiger charge is 2.09. The Morgan fingerprint density at radius 2 is 2.09 bits per heavy atom. The molecule has 1 heterocycles. The molecule has 0 fully saturated rings. The number of carbonyl (C=O) groups excluding carboxylic acids is 1. The molecular weight excluding hydrogens is 365 g/mol. The van der Waals surface area contributed by atoms with Crippen molar-refractivity contribution in [1.82, 2.24) is 14.9 Å². The van der Waals surface area contributed by atoms with Crippen molar-refractivity contribution in [2.75, 3.05) is 6.54 Å². The Morgan fingerprint density at radius 3 is 2.87 bits per heavy atom. The van der Waals surface area contributed by atoms with Crippen molar-refractivity contribution >= 4 is 32.9 Å². The van der Waals surface area contributed by atoms with E-state index in [4.69, 9.17) is 0 Å². The highest BCUT2D eigenvalue weighted by Crippen LogP contribution is 2.12. The fourth-order valence-corrected chi connectivity index (χ4v) is 2.77. The minimum atomic E-state index is -0.408. The Morgan fingerprint density at radius 1 is 1.26 bits per heavy atom. The quantitative estimate of drug-likeness (QED) is 0.733. The van der Waals surface area contributed by atoms with Gasteiger partial charge in [0.15, 0.2) is 0 Å². The van der Waals surface area contributed by atoms with Gasteiger partial charge < -0.3 is 10.3 Å². The van der Waals surface area contributed by atoms with Crippen molar-refractivity contribution in [3.63, 3.8) is 0 Å². The summed E-state index contributed by atoms with van der Waals surface area (Å²) < 4.78 is 15.5. The number of hydrogen-bond acceptors (Lipinski definition) is 2. The molecule has 3 rings (SSSR count). The number of fused-ring (bicyclic) bond motifs is 1. The molecule has 0 bridgehead atoms. The number of nitrogens with zero attached hydrogens (tertiary/aromatic N) is 1. The maximum Gasteiger partial charge on any atom is 0.326 e. The molecule has 0 atom stereocenters. The van der Waals surface area contributed by atoms with Crippen LogP contribution >= 0.6 is 15.9 Å². The van der Waals surface area contributed by atoms with Crippen LogP contribution in [0.25, 0.3) is 11.0 Å². The number of carbonyl (C=O) groups is 1. The lowest BCUT2D eigenvalue weighted by Crippen LogP contribution is -2.30. The van der Waals surface area contributed by atoms with Crippen LogP contribution in [0, 0.1) is 5.82 Å². The van der Waals surface area contributed by atoms with E-state index in [2.05, 4.69) is 26.2 Å². The summed E-state index contributed by atoms with van der Waals surface area (Å²) in [6.07, 6.45) is 0. The zero-order chi connectivity index (χ0) is 16.4. The molecule has 0 unspecified atom stereocenters. The molecule has 3 aromatic rings. The summed E-state index contributed by atoms with van der Waals surface area (Å²) in [4.78, 5) is 26.5. The molecule has 2 N–H and O–H groups in total. The molecule has 5 nitrogen and oxygen atoms in total. The predicted octanol–water partition coefficient (Wildman–Crippen LogP) is 2.66. The molecule has 7 heteroatoms. The minimum Gasteiger partial charge on any atom is -0.350 e. The molecule has 1 aromatic heterocycles.